The third kappa shape index (κ3) is 6.85. The van der Waals surface area contributed by atoms with Gasteiger partial charge in [-0.25, -0.2) is 12.8 Å². The molecule has 2 aliphatic rings. The molecule has 1 amide bonds. The molecule has 0 radical (unpaired) electrons. The van der Waals surface area contributed by atoms with E-state index in [0.717, 1.165) is 61.7 Å². The van der Waals surface area contributed by atoms with E-state index in [0.29, 0.717) is 25.3 Å². The number of nitrogens with zero attached hydrogens (tertiary/aromatic N) is 3. The molecule has 1 saturated heterocycles. The van der Waals surface area contributed by atoms with Crippen molar-refractivity contribution >= 4 is 39.2 Å². The number of anilines is 2. The highest BCUT2D eigenvalue weighted by atomic mass is 32.2. The maximum Gasteiger partial charge on any atom is 0.264 e. The Balaban J connectivity index is 1.32. The minimum Gasteiger partial charge on any atom is -0.495 e. The Hall–Kier alpha value is -3.92. The van der Waals surface area contributed by atoms with E-state index in [1.54, 1.807) is 31.2 Å². The zero-order valence-corrected chi connectivity index (χ0v) is 25.6. The summed E-state index contributed by atoms with van der Waals surface area (Å²) in [5.41, 5.74) is 2.23. The van der Waals surface area contributed by atoms with Gasteiger partial charge in [-0.2, -0.15) is 0 Å². The summed E-state index contributed by atoms with van der Waals surface area (Å²) in [5.74, 6) is -0.0963. The van der Waals surface area contributed by atoms with E-state index in [1.165, 1.54) is 24.6 Å². The van der Waals surface area contributed by atoms with E-state index in [2.05, 4.69) is 14.6 Å². The molecule has 2 fully saturated rings. The largest absolute Gasteiger partial charge is 0.495 e. The van der Waals surface area contributed by atoms with Crippen LogP contribution in [0.25, 0.3) is 0 Å². The van der Waals surface area contributed by atoms with Crippen LogP contribution in [0.2, 0.25) is 0 Å². The predicted molar refractivity (Wildman–Crippen MR) is 169 cm³/mol. The summed E-state index contributed by atoms with van der Waals surface area (Å²) in [6, 6.07) is 16.8. The van der Waals surface area contributed by atoms with Crippen LogP contribution in [-0.4, -0.2) is 58.7 Å². The molecule has 1 aliphatic carbocycles. The van der Waals surface area contributed by atoms with Crippen molar-refractivity contribution in [2.24, 2.45) is 4.99 Å². The molecule has 8 nitrogen and oxygen atoms in total. The lowest BCUT2D eigenvalue weighted by atomic mass is 9.83. The minimum atomic E-state index is -4.16. The molecule has 0 spiro atoms. The third-order valence-electron chi connectivity index (χ3n) is 8.29. The van der Waals surface area contributed by atoms with Crippen LogP contribution in [0, 0.1) is 5.82 Å². The zero-order chi connectivity index (χ0) is 30.4. The number of carbonyl (C=O) groups is 1. The molecule has 10 heteroatoms. The molecule has 0 unspecified atom stereocenters. The first-order valence-electron chi connectivity index (χ1n) is 14.9. The number of halogens is 1. The van der Waals surface area contributed by atoms with Crippen molar-refractivity contribution in [2.45, 2.75) is 56.3 Å². The summed E-state index contributed by atoms with van der Waals surface area (Å²) >= 11 is 0. The lowest BCUT2D eigenvalue weighted by molar-refractivity contribution is 0.0766. The number of nitrogens with one attached hydrogen (secondary N) is 1. The monoisotopic (exact) mass is 606 g/mol. The second-order valence-corrected chi connectivity index (χ2v) is 12.7. The van der Waals surface area contributed by atoms with Crippen molar-refractivity contribution in [2.75, 3.05) is 42.9 Å². The summed E-state index contributed by atoms with van der Waals surface area (Å²) in [6.45, 7) is 4.10. The van der Waals surface area contributed by atoms with Crippen LogP contribution >= 0.6 is 0 Å². The number of hydrogen-bond donors (Lipinski definition) is 1. The van der Waals surface area contributed by atoms with Gasteiger partial charge in [-0.15, -0.1) is 0 Å². The first kappa shape index (κ1) is 30.5. The molecule has 3 aromatic carbocycles. The predicted octanol–water partition coefficient (Wildman–Crippen LogP) is 6.76. The van der Waals surface area contributed by atoms with Gasteiger partial charge in [0, 0.05) is 38.0 Å². The fourth-order valence-electron chi connectivity index (χ4n) is 6.13. The Bertz CT molecular complexity index is 1590. The number of benzene rings is 3. The summed E-state index contributed by atoms with van der Waals surface area (Å²) in [6.07, 6.45) is 7.68. The standard InChI is InChI=1S/C33H39FN4O4S/c1-3-35-32-26(24-11-5-4-6-12-24)13-9-16-31(32)43(40,41)36-28-18-17-25(23-27(28)34)33(39)38-20-10-19-37(21-22-38)29-14-7-8-15-30(29)42-2/h3,7-9,13-18,23-24,36H,4-6,10-12,19-22H2,1-2H3/b35-3-. The summed E-state index contributed by atoms with van der Waals surface area (Å²) in [5, 5.41) is 0. The highest BCUT2D eigenvalue weighted by Crippen LogP contribution is 2.41. The lowest BCUT2D eigenvalue weighted by Crippen LogP contribution is -2.35. The van der Waals surface area contributed by atoms with E-state index in [4.69, 9.17) is 4.74 Å². The maximum atomic E-state index is 15.3. The molecule has 5 rings (SSSR count). The fourth-order valence-corrected chi connectivity index (χ4v) is 7.38. The number of aliphatic imine (C=N–C) groups is 1. The van der Waals surface area contributed by atoms with E-state index in [9.17, 15) is 13.2 Å². The molecule has 228 valence electrons. The first-order chi connectivity index (χ1) is 20.8. The van der Waals surface area contributed by atoms with Crippen molar-refractivity contribution in [1.82, 2.24) is 4.90 Å². The Kier molecular flexibility index (Phi) is 9.65. The molecule has 43 heavy (non-hydrogen) atoms. The highest BCUT2D eigenvalue weighted by Gasteiger charge is 2.27. The van der Waals surface area contributed by atoms with Gasteiger partial charge >= 0.3 is 0 Å². The number of amides is 1. The molecule has 3 aromatic rings. The van der Waals surface area contributed by atoms with Gasteiger partial charge in [0.15, 0.2) is 0 Å². The SMILES string of the molecule is C/C=N\c1c(C2CCCCC2)cccc1S(=O)(=O)Nc1ccc(C(=O)N2CCCN(c3ccccc3OC)CC2)cc1F. The average Bonchev–Trinajstić information content (AvgIpc) is 3.28. The van der Waals surface area contributed by atoms with Gasteiger partial charge in [0.2, 0.25) is 0 Å². The molecule has 0 aromatic heterocycles. The van der Waals surface area contributed by atoms with Gasteiger partial charge in [0.25, 0.3) is 15.9 Å². The maximum absolute atomic E-state index is 15.3. The lowest BCUT2D eigenvalue weighted by Gasteiger charge is -2.25. The molecule has 0 atom stereocenters. The smallest absolute Gasteiger partial charge is 0.264 e. The summed E-state index contributed by atoms with van der Waals surface area (Å²) < 4.78 is 50.3. The van der Waals surface area contributed by atoms with E-state index in [1.807, 2.05) is 30.3 Å². The van der Waals surface area contributed by atoms with Crippen molar-refractivity contribution in [1.29, 1.82) is 0 Å². The van der Waals surface area contributed by atoms with Crippen molar-refractivity contribution < 1.29 is 22.3 Å². The average molecular weight is 607 g/mol. The van der Waals surface area contributed by atoms with Gasteiger partial charge in [0.1, 0.15) is 16.5 Å². The van der Waals surface area contributed by atoms with Crippen LogP contribution < -0.4 is 14.4 Å². The normalized spacial score (nSPS) is 16.7. The molecule has 1 heterocycles. The molecular weight excluding hydrogens is 567 g/mol. The Morgan fingerprint density at radius 2 is 1.77 bits per heavy atom. The number of carbonyl (C=O) groups excluding carboxylic acids is 1. The summed E-state index contributed by atoms with van der Waals surface area (Å²) in [4.78, 5) is 21.7. The van der Waals surface area contributed by atoms with Crippen LogP contribution in [0.5, 0.6) is 5.75 Å². The molecular formula is C33H39FN4O4S. The van der Waals surface area contributed by atoms with Gasteiger partial charge in [-0.05, 0) is 74.1 Å². The number of para-hydroxylation sites is 3. The van der Waals surface area contributed by atoms with Gasteiger partial charge in [-0.1, -0.05) is 43.5 Å². The van der Waals surface area contributed by atoms with E-state index < -0.39 is 15.8 Å². The van der Waals surface area contributed by atoms with Gasteiger partial charge in [-0.3, -0.25) is 14.5 Å². The van der Waals surface area contributed by atoms with Crippen LogP contribution in [0.3, 0.4) is 0 Å². The Morgan fingerprint density at radius 1 is 0.977 bits per heavy atom. The molecule has 1 N–H and O–H groups in total. The summed E-state index contributed by atoms with van der Waals surface area (Å²) in [7, 11) is -2.53. The number of ether oxygens (including phenoxy) is 1. The fraction of sp³-hybridized carbons (Fsp3) is 0.394. The number of rotatable bonds is 8. The number of sulfonamides is 1. The Labute approximate surface area is 253 Å². The second-order valence-electron chi connectivity index (χ2n) is 11.0. The minimum absolute atomic E-state index is 0.0115. The van der Waals surface area contributed by atoms with Gasteiger partial charge < -0.3 is 14.5 Å². The van der Waals surface area contributed by atoms with Crippen molar-refractivity contribution in [3.8, 4) is 5.75 Å². The highest BCUT2D eigenvalue weighted by molar-refractivity contribution is 7.92. The van der Waals surface area contributed by atoms with Crippen LogP contribution in [0.15, 0.2) is 70.6 Å². The van der Waals surface area contributed by atoms with E-state index in [-0.39, 0.29) is 28.0 Å². The second kappa shape index (κ2) is 13.6. The number of methoxy groups -OCH3 is 1. The Morgan fingerprint density at radius 3 is 2.51 bits per heavy atom. The third-order valence-corrected chi connectivity index (χ3v) is 9.69. The van der Waals surface area contributed by atoms with Crippen molar-refractivity contribution in [3.05, 3.63) is 77.6 Å². The van der Waals surface area contributed by atoms with Crippen LogP contribution in [-0.2, 0) is 10.0 Å². The topological polar surface area (TPSA) is 91.3 Å². The van der Waals surface area contributed by atoms with Crippen molar-refractivity contribution in [3.63, 3.8) is 0 Å². The van der Waals surface area contributed by atoms with Gasteiger partial charge in [0.05, 0.1) is 24.2 Å². The molecule has 0 bridgehead atoms. The molecule has 1 saturated carbocycles. The van der Waals surface area contributed by atoms with E-state index >= 15 is 4.39 Å². The first-order valence-corrected chi connectivity index (χ1v) is 16.4. The van der Waals surface area contributed by atoms with Crippen LogP contribution in [0.1, 0.15) is 67.3 Å². The molecule has 1 aliphatic heterocycles. The quantitative estimate of drug-likeness (QED) is 0.286. The number of hydrogen-bond acceptors (Lipinski definition) is 6. The van der Waals surface area contributed by atoms with Crippen LogP contribution in [0.4, 0.5) is 21.5 Å². The zero-order valence-electron chi connectivity index (χ0n) is 24.8.